The first-order chi connectivity index (χ1) is 10.2. The maximum Gasteiger partial charge on any atom is 0.227 e. The van der Waals surface area contributed by atoms with Gasteiger partial charge in [-0.2, -0.15) is 0 Å². The quantitative estimate of drug-likeness (QED) is 0.853. The molecule has 1 aromatic rings. The van der Waals surface area contributed by atoms with Gasteiger partial charge in [0, 0.05) is 25.7 Å². The third-order valence-corrected chi connectivity index (χ3v) is 4.96. The van der Waals surface area contributed by atoms with E-state index in [1.165, 1.54) is 24.8 Å². The van der Waals surface area contributed by atoms with Crippen molar-refractivity contribution in [3.05, 3.63) is 35.9 Å². The van der Waals surface area contributed by atoms with Gasteiger partial charge in [0.05, 0.1) is 5.92 Å². The van der Waals surface area contributed by atoms with Gasteiger partial charge in [-0.3, -0.25) is 9.69 Å². The van der Waals surface area contributed by atoms with Gasteiger partial charge < -0.3 is 4.90 Å². The summed E-state index contributed by atoms with van der Waals surface area (Å²) in [7, 11) is 0. The van der Waals surface area contributed by atoms with E-state index in [0.29, 0.717) is 11.9 Å². The Hall–Kier alpha value is -1.35. The molecule has 2 unspecified atom stereocenters. The van der Waals surface area contributed by atoms with Crippen LogP contribution in [0.5, 0.6) is 0 Å². The second-order valence-corrected chi connectivity index (χ2v) is 6.58. The summed E-state index contributed by atoms with van der Waals surface area (Å²) in [6, 6.07) is 11.0. The number of nitrogens with zero attached hydrogens (tertiary/aromatic N) is 2. The van der Waals surface area contributed by atoms with Crippen molar-refractivity contribution >= 4 is 5.91 Å². The fraction of sp³-hybridized carbons (Fsp3) is 0.611. The third kappa shape index (κ3) is 3.46. The molecule has 0 saturated carbocycles. The Kier molecular flexibility index (Phi) is 4.59. The van der Waals surface area contributed by atoms with Crippen LogP contribution >= 0.6 is 0 Å². The smallest absolute Gasteiger partial charge is 0.227 e. The lowest BCUT2D eigenvalue weighted by Crippen LogP contribution is -2.45. The van der Waals surface area contributed by atoms with Gasteiger partial charge in [-0.1, -0.05) is 30.3 Å². The zero-order chi connectivity index (χ0) is 14.7. The number of carbonyl (C=O) groups is 1. The minimum Gasteiger partial charge on any atom is -0.340 e. The standard InChI is InChI=1S/C18H26N2O/c1-15-7-5-6-11-20(15)18(21)17-10-12-19(14-17)13-16-8-3-2-4-9-16/h2-4,8-9,15,17H,5-7,10-14H2,1H3. The Balaban J connectivity index is 1.55. The maximum absolute atomic E-state index is 12.7. The number of hydrogen-bond donors (Lipinski definition) is 0. The van der Waals surface area contributed by atoms with E-state index >= 15 is 0 Å². The molecule has 2 heterocycles. The molecule has 3 rings (SSSR count). The van der Waals surface area contributed by atoms with Crippen molar-refractivity contribution in [2.24, 2.45) is 5.92 Å². The molecule has 0 aromatic heterocycles. The van der Waals surface area contributed by atoms with Crippen molar-refractivity contribution in [1.82, 2.24) is 9.80 Å². The van der Waals surface area contributed by atoms with E-state index in [-0.39, 0.29) is 5.92 Å². The highest BCUT2D eigenvalue weighted by Crippen LogP contribution is 2.25. The second-order valence-electron chi connectivity index (χ2n) is 6.58. The van der Waals surface area contributed by atoms with Crippen LogP contribution in [-0.4, -0.2) is 41.4 Å². The van der Waals surface area contributed by atoms with Gasteiger partial charge in [-0.25, -0.2) is 0 Å². The third-order valence-electron chi connectivity index (χ3n) is 4.96. The zero-order valence-corrected chi connectivity index (χ0v) is 13.0. The summed E-state index contributed by atoms with van der Waals surface area (Å²) in [4.78, 5) is 17.3. The number of hydrogen-bond acceptors (Lipinski definition) is 2. The van der Waals surface area contributed by atoms with Crippen molar-refractivity contribution in [1.29, 1.82) is 0 Å². The molecule has 0 bridgehead atoms. The summed E-state index contributed by atoms with van der Waals surface area (Å²) in [5, 5.41) is 0. The molecular formula is C18H26N2O. The Morgan fingerprint density at radius 3 is 2.71 bits per heavy atom. The van der Waals surface area contributed by atoms with E-state index < -0.39 is 0 Å². The van der Waals surface area contributed by atoms with Gasteiger partial charge in [-0.15, -0.1) is 0 Å². The lowest BCUT2D eigenvalue weighted by atomic mass is 10.00. The molecule has 2 aliphatic heterocycles. The highest BCUT2D eigenvalue weighted by molar-refractivity contribution is 5.79. The van der Waals surface area contributed by atoms with Crippen molar-refractivity contribution in [2.45, 2.75) is 45.2 Å². The predicted molar refractivity (Wildman–Crippen MR) is 84.9 cm³/mol. The summed E-state index contributed by atoms with van der Waals surface area (Å²) in [5.74, 6) is 0.618. The molecule has 3 nitrogen and oxygen atoms in total. The molecule has 2 aliphatic rings. The Labute approximate surface area is 127 Å². The summed E-state index contributed by atoms with van der Waals surface area (Å²) >= 11 is 0. The van der Waals surface area contributed by atoms with Gasteiger partial charge in [0.25, 0.3) is 0 Å². The number of rotatable bonds is 3. The summed E-state index contributed by atoms with van der Waals surface area (Å²) in [6.07, 6.45) is 4.65. The SMILES string of the molecule is CC1CCCCN1C(=O)C1CCN(Cc2ccccc2)C1. The average Bonchev–Trinajstić information content (AvgIpc) is 2.97. The number of amides is 1. The maximum atomic E-state index is 12.7. The molecule has 114 valence electrons. The topological polar surface area (TPSA) is 23.6 Å². The monoisotopic (exact) mass is 286 g/mol. The van der Waals surface area contributed by atoms with Crippen LogP contribution in [0.1, 0.15) is 38.2 Å². The van der Waals surface area contributed by atoms with E-state index in [4.69, 9.17) is 0 Å². The van der Waals surface area contributed by atoms with E-state index in [1.54, 1.807) is 0 Å². The van der Waals surface area contributed by atoms with Crippen LogP contribution in [0.3, 0.4) is 0 Å². The van der Waals surface area contributed by atoms with Crippen LogP contribution in [0.2, 0.25) is 0 Å². The number of benzene rings is 1. The highest BCUT2D eigenvalue weighted by atomic mass is 16.2. The minimum atomic E-state index is 0.217. The molecule has 2 saturated heterocycles. The minimum absolute atomic E-state index is 0.217. The van der Waals surface area contributed by atoms with Gasteiger partial charge >= 0.3 is 0 Å². The largest absolute Gasteiger partial charge is 0.340 e. The van der Waals surface area contributed by atoms with Crippen LogP contribution < -0.4 is 0 Å². The Bertz CT molecular complexity index is 473. The van der Waals surface area contributed by atoms with Crippen molar-refractivity contribution in [3.63, 3.8) is 0 Å². The fourth-order valence-electron chi connectivity index (χ4n) is 3.68. The van der Waals surface area contributed by atoms with Gasteiger partial charge in [0.1, 0.15) is 0 Å². The summed E-state index contributed by atoms with van der Waals surface area (Å²) in [5.41, 5.74) is 1.34. The number of piperidine rings is 1. The van der Waals surface area contributed by atoms with Crippen molar-refractivity contribution < 1.29 is 4.79 Å². The Morgan fingerprint density at radius 1 is 1.14 bits per heavy atom. The molecular weight excluding hydrogens is 260 g/mol. The first kappa shape index (κ1) is 14.6. The van der Waals surface area contributed by atoms with Crippen LogP contribution in [0, 0.1) is 5.92 Å². The van der Waals surface area contributed by atoms with Crippen molar-refractivity contribution in [2.75, 3.05) is 19.6 Å². The number of likely N-dealkylation sites (tertiary alicyclic amines) is 2. The highest BCUT2D eigenvalue weighted by Gasteiger charge is 2.33. The predicted octanol–water partition coefficient (Wildman–Crippen LogP) is 2.91. The average molecular weight is 286 g/mol. The van der Waals surface area contributed by atoms with Gasteiger partial charge in [0.2, 0.25) is 5.91 Å². The van der Waals surface area contributed by atoms with Crippen LogP contribution in [0.4, 0.5) is 0 Å². The van der Waals surface area contributed by atoms with E-state index in [2.05, 4.69) is 47.1 Å². The molecule has 3 heteroatoms. The molecule has 0 N–H and O–H groups in total. The molecule has 0 aliphatic carbocycles. The van der Waals surface area contributed by atoms with Crippen LogP contribution in [0.15, 0.2) is 30.3 Å². The molecule has 2 atom stereocenters. The zero-order valence-electron chi connectivity index (χ0n) is 13.0. The molecule has 0 radical (unpaired) electrons. The van der Waals surface area contributed by atoms with Crippen LogP contribution in [-0.2, 0) is 11.3 Å². The first-order valence-electron chi connectivity index (χ1n) is 8.31. The summed E-state index contributed by atoms with van der Waals surface area (Å²) < 4.78 is 0. The molecule has 2 fully saturated rings. The van der Waals surface area contributed by atoms with Gasteiger partial charge in [-0.05, 0) is 44.7 Å². The molecule has 21 heavy (non-hydrogen) atoms. The molecule has 1 amide bonds. The fourth-order valence-corrected chi connectivity index (χ4v) is 3.68. The molecule has 0 spiro atoms. The van der Waals surface area contributed by atoms with E-state index in [0.717, 1.165) is 32.6 Å². The van der Waals surface area contributed by atoms with Gasteiger partial charge in [0.15, 0.2) is 0 Å². The van der Waals surface area contributed by atoms with E-state index in [9.17, 15) is 4.79 Å². The first-order valence-corrected chi connectivity index (χ1v) is 8.31. The summed E-state index contributed by atoms with van der Waals surface area (Å²) in [6.45, 7) is 6.12. The van der Waals surface area contributed by atoms with E-state index in [1.807, 2.05) is 0 Å². The Morgan fingerprint density at radius 2 is 1.95 bits per heavy atom. The molecule has 1 aromatic carbocycles. The normalized spacial score (nSPS) is 27.0. The lowest BCUT2D eigenvalue weighted by Gasteiger charge is -2.35. The second kappa shape index (κ2) is 6.61. The number of carbonyl (C=O) groups excluding carboxylic acids is 1. The van der Waals surface area contributed by atoms with Crippen LogP contribution in [0.25, 0.3) is 0 Å². The van der Waals surface area contributed by atoms with Crippen molar-refractivity contribution in [3.8, 4) is 0 Å². The lowest BCUT2D eigenvalue weighted by molar-refractivity contribution is -0.138.